The molecule has 2 rings (SSSR count). The summed E-state index contributed by atoms with van der Waals surface area (Å²) < 4.78 is 32.7. The second-order valence-electron chi connectivity index (χ2n) is 4.16. The molecule has 2 aromatic carbocycles. The largest absolute Gasteiger partial charge is 0.449 e. The number of nitrogens with zero attached hydrogens (tertiary/aromatic N) is 1. The van der Waals surface area contributed by atoms with Crippen molar-refractivity contribution in [3.8, 4) is 17.6 Å². The van der Waals surface area contributed by atoms with Crippen LogP contribution in [0.15, 0.2) is 36.4 Å². The molecule has 2 aromatic rings. The summed E-state index contributed by atoms with van der Waals surface area (Å²) in [6, 6.07) is 9.63. The number of amides is 1. The number of halogens is 2. The Kier molecular flexibility index (Phi) is 4.14. The summed E-state index contributed by atoms with van der Waals surface area (Å²) in [6.45, 7) is 1.31. The second kappa shape index (κ2) is 6.01. The molecule has 1 N–H and O–H groups in total. The van der Waals surface area contributed by atoms with Gasteiger partial charge in [-0.15, -0.1) is 0 Å². The van der Waals surface area contributed by atoms with Crippen molar-refractivity contribution < 1.29 is 18.3 Å². The van der Waals surface area contributed by atoms with Gasteiger partial charge >= 0.3 is 0 Å². The molecule has 0 fully saturated rings. The van der Waals surface area contributed by atoms with Crippen LogP contribution in [0.4, 0.5) is 14.5 Å². The summed E-state index contributed by atoms with van der Waals surface area (Å²) in [5, 5.41) is 11.1. The Bertz CT molecular complexity index is 716. The third kappa shape index (κ3) is 3.34. The lowest BCUT2D eigenvalue weighted by Gasteiger charge is -2.12. The molecular weight excluding hydrogens is 278 g/mol. The van der Waals surface area contributed by atoms with Crippen molar-refractivity contribution in [3.05, 3.63) is 53.6 Å². The summed E-state index contributed by atoms with van der Waals surface area (Å²) in [5.74, 6) is -2.87. The number of nitriles is 1. The number of carbonyl (C=O) groups is 1. The number of benzene rings is 2. The Morgan fingerprint density at radius 1 is 1.24 bits per heavy atom. The molecule has 0 saturated carbocycles. The van der Waals surface area contributed by atoms with Crippen molar-refractivity contribution in [2.45, 2.75) is 6.92 Å². The van der Waals surface area contributed by atoms with Gasteiger partial charge < -0.3 is 10.1 Å². The lowest BCUT2D eigenvalue weighted by atomic mass is 10.2. The normalized spacial score (nSPS) is 9.81. The lowest BCUT2D eigenvalue weighted by Crippen LogP contribution is -2.07. The van der Waals surface area contributed by atoms with Gasteiger partial charge in [0.15, 0.2) is 23.1 Å². The van der Waals surface area contributed by atoms with E-state index in [1.54, 1.807) is 18.2 Å². The summed E-state index contributed by atoms with van der Waals surface area (Å²) >= 11 is 0. The zero-order valence-electron chi connectivity index (χ0n) is 11.0. The molecule has 0 aromatic heterocycles. The van der Waals surface area contributed by atoms with E-state index in [0.29, 0.717) is 0 Å². The third-order valence-electron chi connectivity index (χ3n) is 2.54. The number of para-hydroxylation sites is 2. The Labute approximate surface area is 119 Å². The fraction of sp³-hybridized carbons (Fsp3) is 0.0667. The van der Waals surface area contributed by atoms with E-state index in [9.17, 15) is 13.6 Å². The van der Waals surface area contributed by atoms with Crippen molar-refractivity contribution in [2.75, 3.05) is 5.32 Å². The predicted molar refractivity (Wildman–Crippen MR) is 71.9 cm³/mol. The average Bonchev–Trinajstić information content (AvgIpc) is 2.43. The van der Waals surface area contributed by atoms with Gasteiger partial charge in [0.25, 0.3) is 0 Å². The highest BCUT2D eigenvalue weighted by Gasteiger charge is 2.15. The zero-order chi connectivity index (χ0) is 15.4. The van der Waals surface area contributed by atoms with Crippen LogP contribution in [-0.2, 0) is 4.79 Å². The maximum atomic E-state index is 13.8. The molecule has 106 valence electrons. The van der Waals surface area contributed by atoms with Gasteiger partial charge in [0.05, 0.1) is 17.3 Å². The molecule has 0 aliphatic carbocycles. The van der Waals surface area contributed by atoms with Crippen LogP contribution in [0.5, 0.6) is 11.5 Å². The van der Waals surface area contributed by atoms with Crippen LogP contribution in [0.1, 0.15) is 12.5 Å². The Morgan fingerprint density at radius 3 is 2.43 bits per heavy atom. The van der Waals surface area contributed by atoms with E-state index in [0.717, 1.165) is 12.1 Å². The van der Waals surface area contributed by atoms with E-state index in [-0.39, 0.29) is 22.9 Å². The highest BCUT2D eigenvalue weighted by atomic mass is 19.1. The first-order valence-electron chi connectivity index (χ1n) is 5.95. The van der Waals surface area contributed by atoms with Gasteiger partial charge in [-0.05, 0) is 24.3 Å². The first-order chi connectivity index (χ1) is 10.0. The highest BCUT2D eigenvalue weighted by Crippen LogP contribution is 2.33. The van der Waals surface area contributed by atoms with Crippen molar-refractivity contribution >= 4 is 11.6 Å². The van der Waals surface area contributed by atoms with Gasteiger partial charge in [0, 0.05) is 6.92 Å². The average molecular weight is 288 g/mol. The van der Waals surface area contributed by atoms with Crippen LogP contribution in [0, 0.1) is 23.0 Å². The molecule has 0 heterocycles. The summed E-state index contributed by atoms with van der Waals surface area (Å²) in [5.41, 5.74) is 0.139. The van der Waals surface area contributed by atoms with Crippen molar-refractivity contribution in [1.29, 1.82) is 5.26 Å². The maximum absolute atomic E-state index is 13.8. The molecule has 0 unspecified atom stereocenters. The van der Waals surface area contributed by atoms with Crippen LogP contribution in [0.2, 0.25) is 0 Å². The minimum absolute atomic E-state index is 0.0928. The molecule has 0 bridgehead atoms. The van der Waals surface area contributed by atoms with Crippen LogP contribution in [0.25, 0.3) is 0 Å². The number of nitrogens with one attached hydrogen (secondary N) is 1. The topological polar surface area (TPSA) is 62.1 Å². The van der Waals surface area contributed by atoms with Gasteiger partial charge in [-0.2, -0.15) is 5.26 Å². The van der Waals surface area contributed by atoms with E-state index in [2.05, 4.69) is 5.32 Å². The monoisotopic (exact) mass is 288 g/mol. The van der Waals surface area contributed by atoms with Gasteiger partial charge in [-0.25, -0.2) is 8.78 Å². The molecule has 0 spiro atoms. The standard InChI is InChI=1S/C15H10F2N2O2/c1-9(20)19-13-4-2-3-5-14(13)21-15-11(16)6-10(8-18)7-12(15)17/h2-7H,1H3,(H,19,20). The van der Waals surface area contributed by atoms with Gasteiger partial charge in [-0.1, -0.05) is 12.1 Å². The molecule has 0 aliphatic rings. The number of carbonyl (C=O) groups excluding carboxylic acids is 1. The number of ether oxygens (including phenoxy) is 1. The summed E-state index contributed by atoms with van der Waals surface area (Å²) in [7, 11) is 0. The van der Waals surface area contributed by atoms with Crippen LogP contribution < -0.4 is 10.1 Å². The van der Waals surface area contributed by atoms with E-state index in [1.165, 1.54) is 19.1 Å². The van der Waals surface area contributed by atoms with E-state index in [1.807, 2.05) is 0 Å². The number of anilines is 1. The zero-order valence-corrected chi connectivity index (χ0v) is 11.0. The molecule has 6 heteroatoms. The second-order valence-corrected chi connectivity index (χ2v) is 4.16. The molecule has 0 aliphatic heterocycles. The van der Waals surface area contributed by atoms with Crippen LogP contribution in [-0.4, -0.2) is 5.91 Å². The maximum Gasteiger partial charge on any atom is 0.221 e. The predicted octanol–water partition coefficient (Wildman–Crippen LogP) is 3.59. The first-order valence-corrected chi connectivity index (χ1v) is 5.95. The van der Waals surface area contributed by atoms with Crippen molar-refractivity contribution in [3.63, 3.8) is 0 Å². The highest BCUT2D eigenvalue weighted by molar-refractivity contribution is 5.90. The SMILES string of the molecule is CC(=O)Nc1ccccc1Oc1c(F)cc(C#N)cc1F. The minimum Gasteiger partial charge on any atom is -0.449 e. The lowest BCUT2D eigenvalue weighted by molar-refractivity contribution is -0.114. The molecule has 0 atom stereocenters. The number of hydrogen-bond acceptors (Lipinski definition) is 3. The Hall–Kier alpha value is -2.94. The van der Waals surface area contributed by atoms with E-state index < -0.39 is 17.4 Å². The molecule has 0 radical (unpaired) electrons. The molecule has 4 nitrogen and oxygen atoms in total. The van der Waals surface area contributed by atoms with Crippen molar-refractivity contribution in [1.82, 2.24) is 0 Å². The first kappa shape index (κ1) is 14.5. The van der Waals surface area contributed by atoms with Crippen molar-refractivity contribution in [2.24, 2.45) is 0 Å². The quantitative estimate of drug-likeness (QED) is 0.938. The molecule has 0 saturated heterocycles. The van der Waals surface area contributed by atoms with Gasteiger partial charge in [0.1, 0.15) is 0 Å². The molecule has 1 amide bonds. The smallest absolute Gasteiger partial charge is 0.221 e. The van der Waals surface area contributed by atoms with Gasteiger partial charge in [0.2, 0.25) is 5.91 Å². The fourth-order valence-corrected chi connectivity index (χ4v) is 1.68. The van der Waals surface area contributed by atoms with E-state index in [4.69, 9.17) is 10.00 Å². The third-order valence-corrected chi connectivity index (χ3v) is 2.54. The molecular formula is C15H10F2N2O2. The number of rotatable bonds is 3. The van der Waals surface area contributed by atoms with Crippen LogP contribution in [0.3, 0.4) is 0 Å². The van der Waals surface area contributed by atoms with E-state index >= 15 is 0 Å². The van der Waals surface area contributed by atoms with Gasteiger partial charge in [-0.3, -0.25) is 4.79 Å². The van der Waals surface area contributed by atoms with Crippen LogP contribution >= 0.6 is 0 Å². The fourth-order valence-electron chi connectivity index (χ4n) is 1.68. The Balaban J connectivity index is 2.40. The molecule has 21 heavy (non-hydrogen) atoms. The number of hydrogen-bond donors (Lipinski definition) is 1. The summed E-state index contributed by atoms with van der Waals surface area (Å²) in [6.07, 6.45) is 0. The minimum atomic E-state index is -0.996. The summed E-state index contributed by atoms with van der Waals surface area (Å²) in [4.78, 5) is 11.1. The Morgan fingerprint density at radius 2 is 1.86 bits per heavy atom.